The first kappa shape index (κ1) is 21.7. The Hall–Kier alpha value is -3.10. The third-order valence-corrected chi connectivity index (χ3v) is 6.50. The van der Waals surface area contributed by atoms with E-state index in [1.165, 1.54) is 12.0 Å². The molecule has 1 fully saturated rings. The van der Waals surface area contributed by atoms with Gasteiger partial charge < -0.3 is 18.8 Å². The van der Waals surface area contributed by atoms with Gasteiger partial charge in [-0.3, -0.25) is 4.90 Å². The molecule has 1 aromatic heterocycles. The Balaban J connectivity index is 1.61. The average molecular weight is 510 g/mol. The number of morpholine rings is 1. The van der Waals surface area contributed by atoms with Crippen LogP contribution >= 0.6 is 15.9 Å². The van der Waals surface area contributed by atoms with Gasteiger partial charge in [0.05, 0.1) is 20.3 Å². The van der Waals surface area contributed by atoms with Gasteiger partial charge in [0.1, 0.15) is 11.7 Å². The molecule has 2 aliphatic rings. The van der Waals surface area contributed by atoms with Crippen molar-refractivity contribution in [1.82, 2.24) is 9.88 Å². The molecule has 3 heterocycles. The SMILES string of the molecule is COC(=O)N1C=C(Br)c2ccccc2C1c1nc(Cc2ccccc2)c(N2CCOCC2)o1. The highest BCUT2D eigenvalue weighted by molar-refractivity contribution is 9.15. The lowest BCUT2D eigenvalue weighted by Crippen LogP contribution is -2.36. The van der Waals surface area contributed by atoms with Crippen molar-refractivity contribution in [2.24, 2.45) is 0 Å². The molecule has 5 rings (SSSR count). The maximum Gasteiger partial charge on any atom is 0.414 e. The molecule has 0 aliphatic carbocycles. The molecular formula is C25H24BrN3O4. The molecule has 8 heteroatoms. The predicted octanol–water partition coefficient (Wildman–Crippen LogP) is 4.97. The standard InChI is InChI=1S/C25H24BrN3O4/c1-31-25(30)29-16-20(26)18-9-5-6-10-19(18)22(29)23-27-21(15-17-7-3-2-4-8-17)24(33-23)28-11-13-32-14-12-28/h2-10,16,22H,11-15H2,1H3. The van der Waals surface area contributed by atoms with Gasteiger partial charge in [-0.05, 0) is 32.6 Å². The summed E-state index contributed by atoms with van der Waals surface area (Å²) in [6.07, 6.45) is 1.87. The fraction of sp³-hybridized carbons (Fsp3) is 0.280. The summed E-state index contributed by atoms with van der Waals surface area (Å²) < 4.78 is 17.9. The molecule has 1 amide bonds. The molecule has 2 aliphatic heterocycles. The van der Waals surface area contributed by atoms with E-state index in [0.717, 1.165) is 45.8 Å². The number of fused-ring (bicyclic) bond motifs is 1. The van der Waals surface area contributed by atoms with Crippen LogP contribution in [-0.4, -0.2) is 49.4 Å². The lowest BCUT2D eigenvalue weighted by molar-refractivity contribution is 0.119. The molecular weight excluding hydrogens is 486 g/mol. The van der Waals surface area contributed by atoms with Gasteiger partial charge in [0, 0.05) is 30.2 Å². The topological polar surface area (TPSA) is 68.0 Å². The number of aromatic nitrogens is 1. The smallest absolute Gasteiger partial charge is 0.414 e. The summed E-state index contributed by atoms with van der Waals surface area (Å²) in [7, 11) is 1.37. The van der Waals surface area contributed by atoms with E-state index >= 15 is 0 Å². The summed E-state index contributed by atoms with van der Waals surface area (Å²) in [5.74, 6) is 1.18. The normalized spacial score (nSPS) is 18.0. The molecule has 0 bridgehead atoms. The number of carbonyl (C=O) groups is 1. The van der Waals surface area contributed by atoms with Crippen LogP contribution in [0, 0.1) is 0 Å². The molecule has 0 N–H and O–H groups in total. The first-order chi connectivity index (χ1) is 16.2. The Bertz CT molecular complexity index is 1170. The summed E-state index contributed by atoms with van der Waals surface area (Å²) in [6, 6.07) is 17.6. The van der Waals surface area contributed by atoms with Crippen LogP contribution < -0.4 is 4.90 Å². The Morgan fingerprint density at radius 3 is 2.61 bits per heavy atom. The summed E-state index contributed by atoms with van der Waals surface area (Å²) in [4.78, 5) is 21.4. The van der Waals surface area contributed by atoms with Gasteiger partial charge in [-0.15, -0.1) is 0 Å². The Kier molecular flexibility index (Phi) is 6.20. The number of carbonyl (C=O) groups excluding carboxylic acids is 1. The van der Waals surface area contributed by atoms with E-state index in [9.17, 15) is 4.79 Å². The van der Waals surface area contributed by atoms with E-state index in [1.54, 1.807) is 6.20 Å². The van der Waals surface area contributed by atoms with Crippen LogP contribution in [-0.2, 0) is 15.9 Å². The maximum absolute atomic E-state index is 12.7. The predicted molar refractivity (Wildman–Crippen MR) is 128 cm³/mol. The minimum atomic E-state index is -0.542. The van der Waals surface area contributed by atoms with Gasteiger partial charge >= 0.3 is 6.09 Å². The molecule has 33 heavy (non-hydrogen) atoms. The van der Waals surface area contributed by atoms with Gasteiger partial charge in [0.2, 0.25) is 11.8 Å². The number of amides is 1. The van der Waals surface area contributed by atoms with E-state index < -0.39 is 12.1 Å². The lowest BCUT2D eigenvalue weighted by Gasteiger charge is -2.31. The molecule has 7 nitrogen and oxygen atoms in total. The van der Waals surface area contributed by atoms with Crippen LogP contribution in [0.1, 0.15) is 34.3 Å². The van der Waals surface area contributed by atoms with Gasteiger partial charge in [-0.2, -0.15) is 0 Å². The van der Waals surface area contributed by atoms with Crippen LogP contribution in [0.25, 0.3) is 4.48 Å². The number of benzene rings is 2. The van der Waals surface area contributed by atoms with E-state index in [4.69, 9.17) is 18.9 Å². The molecule has 0 radical (unpaired) electrons. The molecule has 1 unspecified atom stereocenters. The van der Waals surface area contributed by atoms with Gasteiger partial charge in [0.25, 0.3) is 0 Å². The van der Waals surface area contributed by atoms with Crippen molar-refractivity contribution in [2.75, 3.05) is 38.3 Å². The van der Waals surface area contributed by atoms with Gasteiger partial charge in [-0.25, -0.2) is 9.78 Å². The van der Waals surface area contributed by atoms with E-state index in [2.05, 4.69) is 33.0 Å². The summed E-state index contributed by atoms with van der Waals surface area (Å²) in [5, 5.41) is 0. The number of methoxy groups -OCH3 is 1. The first-order valence-electron chi connectivity index (χ1n) is 10.8. The zero-order valence-corrected chi connectivity index (χ0v) is 19.8. The molecule has 0 saturated carbocycles. The Morgan fingerprint density at radius 1 is 1.12 bits per heavy atom. The molecule has 3 aromatic rings. The quantitative estimate of drug-likeness (QED) is 0.494. The molecule has 1 saturated heterocycles. The highest BCUT2D eigenvalue weighted by Gasteiger charge is 2.37. The Labute approximate surface area is 200 Å². The van der Waals surface area contributed by atoms with Crippen molar-refractivity contribution >= 4 is 32.4 Å². The molecule has 170 valence electrons. The van der Waals surface area contributed by atoms with E-state index in [-0.39, 0.29) is 0 Å². The zero-order valence-electron chi connectivity index (χ0n) is 18.2. The third-order valence-electron chi connectivity index (χ3n) is 5.87. The minimum absolute atomic E-state index is 0.455. The number of hydrogen-bond acceptors (Lipinski definition) is 6. The van der Waals surface area contributed by atoms with Crippen LogP contribution in [0.4, 0.5) is 10.7 Å². The van der Waals surface area contributed by atoms with E-state index in [1.807, 2.05) is 42.5 Å². The highest BCUT2D eigenvalue weighted by atomic mass is 79.9. The highest BCUT2D eigenvalue weighted by Crippen LogP contribution is 2.42. The van der Waals surface area contributed by atoms with Crippen molar-refractivity contribution in [3.63, 3.8) is 0 Å². The molecule has 1 atom stereocenters. The number of hydrogen-bond donors (Lipinski definition) is 0. The van der Waals surface area contributed by atoms with Gasteiger partial charge in [0.15, 0.2) is 0 Å². The van der Waals surface area contributed by atoms with Gasteiger partial charge in [-0.1, -0.05) is 54.6 Å². The molecule has 0 spiro atoms. The number of nitrogens with zero attached hydrogens (tertiary/aromatic N) is 3. The fourth-order valence-electron chi connectivity index (χ4n) is 4.28. The number of ether oxygens (including phenoxy) is 2. The minimum Gasteiger partial charge on any atom is -0.452 e. The van der Waals surface area contributed by atoms with Crippen LogP contribution in [0.2, 0.25) is 0 Å². The fourth-order valence-corrected chi connectivity index (χ4v) is 4.86. The lowest BCUT2D eigenvalue weighted by atomic mass is 9.96. The van der Waals surface area contributed by atoms with Crippen LogP contribution in [0.15, 0.2) is 65.2 Å². The van der Waals surface area contributed by atoms with E-state index in [0.29, 0.717) is 25.5 Å². The summed E-state index contributed by atoms with van der Waals surface area (Å²) >= 11 is 3.59. The number of halogens is 1. The second-order valence-electron chi connectivity index (χ2n) is 7.91. The summed E-state index contributed by atoms with van der Waals surface area (Å²) in [5.41, 5.74) is 3.88. The van der Waals surface area contributed by atoms with Crippen molar-refractivity contribution in [3.05, 3.63) is 89.1 Å². The largest absolute Gasteiger partial charge is 0.452 e. The Morgan fingerprint density at radius 2 is 1.85 bits per heavy atom. The second-order valence-corrected chi connectivity index (χ2v) is 8.76. The monoisotopic (exact) mass is 509 g/mol. The van der Waals surface area contributed by atoms with Crippen molar-refractivity contribution in [2.45, 2.75) is 12.5 Å². The third kappa shape index (κ3) is 4.28. The molecule has 2 aromatic carbocycles. The number of rotatable bonds is 4. The zero-order chi connectivity index (χ0) is 22.8. The number of oxazole rings is 1. The summed E-state index contributed by atoms with van der Waals surface area (Å²) in [6.45, 7) is 2.72. The van der Waals surface area contributed by atoms with Crippen molar-refractivity contribution in [1.29, 1.82) is 0 Å². The van der Waals surface area contributed by atoms with Crippen LogP contribution in [0.5, 0.6) is 0 Å². The van der Waals surface area contributed by atoms with Crippen molar-refractivity contribution < 1.29 is 18.7 Å². The first-order valence-corrected chi connectivity index (χ1v) is 11.6. The van der Waals surface area contributed by atoms with Crippen molar-refractivity contribution in [3.8, 4) is 0 Å². The average Bonchev–Trinajstić information content (AvgIpc) is 3.27. The van der Waals surface area contributed by atoms with Crippen LogP contribution in [0.3, 0.4) is 0 Å². The maximum atomic E-state index is 12.7. The number of anilines is 1. The second kappa shape index (κ2) is 9.41.